The Balaban J connectivity index is 2.08. The number of hydrogen-bond donors (Lipinski definition) is 1. The third-order valence-corrected chi connectivity index (χ3v) is 5.66. The van der Waals surface area contributed by atoms with Gasteiger partial charge in [-0.25, -0.2) is 18.2 Å². The van der Waals surface area contributed by atoms with E-state index in [1.165, 1.54) is 18.3 Å². The van der Waals surface area contributed by atoms with Gasteiger partial charge in [-0.3, -0.25) is 4.79 Å². The molecule has 1 N–H and O–H groups in total. The van der Waals surface area contributed by atoms with Crippen LogP contribution >= 0.6 is 34.8 Å². The lowest BCUT2D eigenvalue weighted by molar-refractivity contribution is -0.119. The van der Waals surface area contributed by atoms with E-state index < -0.39 is 28.3 Å². The SMILES string of the molecule is Cc1c(Cl)cnc(NC(=O)COC(=O)c2cc(S(C)(=O)=O)ccc2Cl)c1Cl. The summed E-state index contributed by atoms with van der Waals surface area (Å²) in [5.41, 5.74) is 0.357. The van der Waals surface area contributed by atoms with Crippen molar-refractivity contribution in [2.24, 2.45) is 0 Å². The molecule has 11 heteroatoms. The third-order valence-electron chi connectivity index (χ3n) is 3.38. The number of pyridine rings is 1. The van der Waals surface area contributed by atoms with E-state index in [0.717, 1.165) is 12.3 Å². The van der Waals surface area contributed by atoms with Gasteiger partial charge in [0.1, 0.15) is 0 Å². The van der Waals surface area contributed by atoms with Crippen molar-refractivity contribution in [3.05, 3.63) is 50.6 Å². The Labute approximate surface area is 170 Å². The second-order valence-corrected chi connectivity index (χ2v) is 8.64. The standard InChI is InChI=1S/C16H13Cl3N2O5S/c1-8-12(18)6-20-15(14(8)19)21-13(22)7-26-16(23)10-5-9(27(2,24)25)3-4-11(10)17/h3-6H,7H2,1-2H3,(H,20,21,22). The van der Waals surface area contributed by atoms with Gasteiger partial charge in [0.05, 0.1) is 25.5 Å². The quantitative estimate of drug-likeness (QED) is 0.697. The van der Waals surface area contributed by atoms with Gasteiger partial charge in [-0.2, -0.15) is 0 Å². The average Bonchev–Trinajstić information content (AvgIpc) is 2.59. The van der Waals surface area contributed by atoms with Crippen LogP contribution < -0.4 is 5.32 Å². The second kappa shape index (κ2) is 8.43. The molecular formula is C16H13Cl3N2O5S. The maximum Gasteiger partial charge on any atom is 0.340 e. The fourth-order valence-corrected chi connectivity index (χ4v) is 3.14. The fraction of sp³-hybridized carbons (Fsp3) is 0.188. The summed E-state index contributed by atoms with van der Waals surface area (Å²) in [5.74, 6) is -1.58. The van der Waals surface area contributed by atoms with Gasteiger partial charge in [-0.05, 0) is 30.7 Å². The monoisotopic (exact) mass is 450 g/mol. The molecule has 0 saturated heterocycles. The maximum absolute atomic E-state index is 12.1. The number of benzene rings is 1. The molecule has 1 amide bonds. The zero-order chi connectivity index (χ0) is 20.4. The van der Waals surface area contributed by atoms with Crippen molar-refractivity contribution in [1.82, 2.24) is 4.98 Å². The maximum atomic E-state index is 12.1. The van der Waals surface area contributed by atoms with Crippen LogP contribution in [0, 0.1) is 6.92 Å². The van der Waals surface area contributed by atoms with E-state index in [4.69, 9.17) is 39.5 Å². The molecule has 2 rings (SSSR count). The molecule has 0 bridgehead atoms. The van der Waals surface area contributed by atoms with Gasteiger partial charge < -0.3 is 10.1 Å². The fourth-order valence-electron chi connectivity index (χ4n) is 1.91. The van der Waals surface area contributed by atoms with Gasteiger partial charge in [0.2, 0.25) is 0 Å². The number of aromatic nitrogens is 1. The Morgan fingerprint density at radius 2 is 1.85 bits per heavy atom. The molecule has 0 unspecified atom stereocenters. The molecule has 7 nitrogen and oxygen atoms in total. The summed E-state index contributed by atoms with van der Waals surface area (Å²) >= 11 is 17.8. The molecule has 1 heterocycles. The lowest BCUT2D eigenvalue weighted by atomic mass is 10.2. The number of amides is 1. The van der Waals surface area contributed by atoms with Crippen LogP contribution in [0.3, 0.4) is 0 Å². The lowest BCUT2D eigenvalue weighted by Gasteiger charge is -2.10. The molecule has 0 atom stereocenters. The van der Waals surface area contributed by atoms with Crippen LogP contribution in [0.1, 0.15) is 15.9 Å². The van der Waals surface area contributed by atoms with E-state index >= 15 is 0 Å². The minimum atomic E-state index is -3.54. The topological polar surface area (TPSA) is 102 Å². The van der Waals surface area contributed by atoms with Gasteiger partial charge in [-0.15, -0.1) is 0 Å². The van der Waals surface area contributed by atoms with Gasteiger partial charge in [-0.1, -0.05) is 34.8 Å². The van der Waals surface area contributed by atoms with Gasteiger partial charge in [0, 0.05) is 12.5 Å². The lowest BCUT2D eigenvalue weighted by Crippen LogP contribution is -2.22. The van der Waals surface area contributed by atoms with Crippen LogP contribution in [-0.2, 0) is 19.4 Å². The van der Waals surface area contributed by atoms with Gasteiger partial charge in [0.15, 0.2) is 22.3 Å². The molecule has 1 aromatic heterocycles. The van der Waals surface area contributed by atoms with Crippen molar-refractivity contribution in [2.75, 3.05) is 18.2 Å². The molecule has 2 aromatic rings. The summed E-state index contributed by atoms with van der Waals surface area (Å²) in [6.45, 7) is 0.997. The van der Waals surface area contributed by atoms with Crippen molar-refractivity contribution in [3.63, 3.8) is 0 Å². The molecule has 0 spiro atoms. The normalized spacial score (nSPS) is 11.1. The van der Waals surface area contributed by atoms with E-state index in [-0.39, 0.29) is 26.3 Å². The molecule has 144 valence electrons. The molecular weight excluding hydrogens is 439 g/mol. The molecule has 0 saturated carbocycles. The van der Waals surface area contributed by atoms with E-state index in [0.29, 0.717) is 10.6 Å². The number of esters is 1. The Hall–Kier alpha value is -1.87. The summed E-state index contributed by atoms with van der Waals surface area (Å²) in [6, 6.07) is 3.60. The van der Waals surface area contributed by atoms with Crippen LogP contribution in [0.25, 0.3) is 0 Å². The second-order valence-electron chi connectivity index (χ2n) is 5.43. The predicted octanol–water partition coefficient (Wildman–Crippen LogP) is 3.55. The number of nitrogens with one attached hydrogen (secondary N) is 1. The average molecular weight is 452 g/mol. The molecule has 0 radical (unpaired) electrons. The minimum Gasteiger partial charge on any atom is -0.452 e. The summed E-state index contributed by atoms with van der Waals surface area (Å²) in [6.07, 6.45) is 2.31. The summed E-state index contributed by atoms with van der Waals surface area (Å²) in [7, 11) is -3.54. The number of nitrogens with zero attached hydrogens (tertiary/aromatic N) is 1. The van der Waals surface area contributed by atoms with Crippen molar-refractivity contribution in [1.29, 1.82) is 0 Å². The van der Waals surface area contributed by atoms with Crippen molar-refractivity contribution in [3.8, 4) is 0 Å². The van der Waals surface area contributed by atoms with Crippen molar-refractivity contribution in [2.45, 2.75) is 11.8 Å². The number of rotatable bonds is 5. The first-order valence-electron chi connectivity index (χ1n) is 7.28. The number of carbonyl (C=O) groups excluding carboxylic acids is 2. The molecule has 0 aliphatic heterocycles. The van der Waals surface area contributed by atoms with Crippen LogP contribution in [0.4, 0.5) is 5.82 Å². The molecule has 27 heavy (non-hydrogen) atoms. The van der Waals surface area contributed by atoms with Gasteiger partial charge in [0.25, 0.3) is 5.91 Å². The molecule has 1 aromatic carbocycles. The summed E-state index contributed by atoms with van der Waals surface area (Å²) in [4.78, 5) is 27.9. The van der Waals surface area contributed by atoms with Crippen LogP contribution in [0.5, 0.6) is 0 Å². The number of hydrogen-bond acceptors (Lipinski definition) is 6. The minimum absolute atomic E-state index is 0.00848. The Morgan fingerprint density at radius 1 is 1.19 bits per heavy atom. The van der Waals surface area contributed by atoms with E-state index in [9.17, 15) is 18.0 Å². The van der Waals surface area contributed by atoms with E-state index in [1.807, 2.05) is 0 Å². The largest absolute Gasteiger partial charge is 0.452 e. The van der Waals surface area contributed by atoms with Crippen LogP contribution in [0.15, 0.2) is 29.3 Å². The van der Waals surface area contributed by atoms with Crippen molar-refractivity contribution < 1.29 is 22.7 Å². The smallest absolute Gasteiger partial charge is 0.340 e. The first-order valence-corrected chi connectivity index (χ1v) is 10.3. The van der Waals surface area contributed by atoms with E-state index in [1.54, 1.807) is 6.92 Å². The Bertz CT molecular complexity index is 1020. The highest BCUT2D eigenvalue weighted by molar-refractivity contribution is 7.90. The third kappa shape index (κ3) is 5.32. The van der Waals surface area contributed by atoms with Crippen LogP contribution in [-0.4, -0.2) is 38.1 Å². The molecule has 0 fully saturated rings. The highest BCUT2D eigenvalue weighted by atomic mass is 35.5. The number of carbonyl (C=O) groups is 2. The highest BCUT2D eigenvalue weighted by Gasteiger charge is 2.18. The zero-order valence-corrected chi connectivity index (χ0v) is 17.1. The number of ether oxygens (including phenoxy) is 1. The molecule has 0 aliphatic rings. The Morgan fingerprint density at radius 3 is 2.48 bits per heavy atom. The number of sulfone groups is 1. The van der Waals surface area contributed by atoms with Crippen LogP contribution in [0.2, 0.25) is 15.1 Å². The first kappa shape index (κ1) is 21.4. The number of halogens is 3. The van der Waals surface area contributed by atoms with E-state index in [2.05, 4.69) is 10.3 Å². The Kier molecular flexibility index (Phi) is 6.69. The zero-order valence-electron chi connectivity index (χ0n) is 14.0. The first-order chi connectivity index (χ1) is 12.5. The predicted molar refractivity (Wildman–Crippen MR) is 102 cm³/mol. The van der Waals surface area contributed by atoms with Crippen molar-refractivity contribution >= 4 is 62.3 Å². The summed E-state index contributed by atoms with van der Waals surface area (Å²) in [5, 5.41) is 2.88. The van der Waals surface area contributed by atoms with Gasteiger partial charge >= 0.3 is 5.97 Å². The molecule has 0 aliphatic carbocycles. The highest BCUT2D eigenvalue weighted by Crippen LogP contribution is 2.28. The summed E-state index contributed by atoms with van der Waals surface area (Å²) < 4.78 is 28.0. The number of anilines is 1.